The van der Waals surface area contributed by atoms with Gasteiger partial charge in [-0.15, -0.1) is 0 Å². The lowest BCUT2D eigenvalue weighted by Crippen LogP contribution is -2.30. The summed E-state index contributed by atoms with van der Waals surface area (Å²) >= 11 is 0. The van der Waals surface area contributed by atoms with Crippen molar-refractivity contribution >= 4 is 17.6 Å². The maximum atomic E-state index is 12.3. The number of carbonyl (C=O) groups excluding carboxylic acids is 2. The van der Waals surface area contributed by atoms with Gasteiger partial charge in [0.15, 0.2) is 6.10 Å². The number of para-hydroxylation sites is 1. The molecule has 1 N–H and O–H groups in total. The van der Waals surface area contributed by atoms with Crippen molar-refractivity contribution < 1.29 is 18.8 Å². The Morgan fingerprint density at radius 1 is 1.17 bits per heavy atom. The molecule has 0 unspecified atom stereocenters. The minimum absolute atomic E-state index is 0.261. The molecule has 6 heteroatoms. The molecule has 0 aliphatic rings. The van der Waals surface area contributed by atoms with Gasteiger partial charge in [-0.05, 0) is 38.3 Å². The first-order chi connectivity index (χ1) is 11.3. The molecule has 24 heavy (non-hydrogen) atoms. The molecule has 1 heterocycles. The molecule has 0 radical (unpaired) electrons. The van der Waals surface area contributed by atoms with Crippen LogP contribution >= 0.6 is 0 Å². The van der Waals surface area contributed by atoms with Gasteiger partial charge in [-0.1, -0.05) is 37.2 Å². The number of aromatic nitrogens is 1. The standard InChI is InChI=1S/C18H22N2O4/c1-10(2)14-8-6-7-9-15(14)19-17(21)13(5)23-18(22)16-11(3)20-24-12(16)4/h6-10,13H,1-5H3,(H,19,21)/t13-/m0/s1. The summed E-state index contributed by atoms with van der Waals surface area (Å²) in [6, 6.07) is 7.56. The van der Waals surface area contributed by atoms with E-state index in [0.29, 0.717) is 11.5 Å². The van der Waals surface area contributed by atoms with Crippen molar-refractivity contribution in [2.45, 2.75) is 46.6 Å². The number of nitrogens with zero attached hydrogens (tertiary/aromatic N) is 1. The van der Waals surface area contributed by atoms with Gasteiger partial charge >= 0.3 is 5.97 Å². The second-order valence-electron chi connectivity index (χ2n) is 5.98. The molecule has 1 aromatic heterocycles. The van der Waals surface area contributed by atoms with Crippen LogP contribution in [0.5, 0.6) is 0 Å². The molecule has 128 valence electrons. The highest BCUT2D eigenvalue weighted by atomic mass is 16.5. The number of nitrogens with one attached hydrogen (secondary N) is 1. The van der Waals surface area contributed by atoms with Crippen LogP contribution in [0.1, 0.15) is 54.1 Å². The second kappa shape index (κ2) is 7.29. The van der Waals surface area contributed by atoms with Crippen molar-refractivity contribution in [2.24, 2.45) is 0 Å². The lowest BCUT2D eigenvalue weighted by molar-refractivity contribution is -0.123. The summed E-state index contributed by atoms with van der Waals surface area (Å²) in [6.45, 7) is 8.90. The van der Waals surface area contributed by atoms with E-state index in [9.17, 15) is 9.59 Å². The Hall–Kier alpha value is -2.63. The van der Waals surface area contributed by atoms with Gasteiger partial charge in [0.1, 0.15) is 11.3 Å². The highest BCUT2D eigenvalue weighted by Gasteiger charge is 2.24. The van der Waals surface area contributed by atoms with E-state index >= 15 is 0 Å². The Balaban J connectivity index is 2.07. The quantitative estimate of drug-likeness (QED) is 0.847. The Labute approximate surface area is 141 Å². The van der Waals surface area contributed by atoms with Crippen LogP contribution in [0.2, 0.25) is 0 Å². The number of rotatable bonds is 5. The fourth-order valence-corrected chi connectivity index (χ4v) is 2.40. The number of hydrogen-bond donors (Lipinski definition) is 1. The fraction of sp³-hybridized carbons (Fsp3) is 0.389. The molecule has 1 amide bonds. The number of esters is 1. The van der Waals surface area contributed by atoms with Gasteiger partial charge in [0.05, 0.1) is 5.69 Å². The van der Waals surface area contributed by atoms with Crippen LogP contribution in [0.3, 0.4) is 0 Å². The topological polar surface area (TPSA) is 81.4 Å². The predicted octanol–water partition coefficient (Wildman–Crippen LogP) is 3.60. The summed E-state index contributed by atoms with van der Waals surface area (Å²) in [5, 5.41) is 6.53. The number of carbonyl (C=O) groups is 2. The fourth-order valence-electron chi connectivity index (χ4n) is 2.40. The first-order valence-electron chi connectivity index (χ1n) is 7.85. The molecule has 2 aromatic rings. The molecule has 2 rings (SSSR count). The number of amides is 1. The van der Waals surface area contributed by atoms with E-state index in [0.717, 1.165) is 11.3 Å². The number of ether oxygens (including phenoxy) is 1. The van der Waals surface area contributed by atoms with E-state index < -0.39 is 12.1 Å². The van der Waals surface area contributed by atoms with E-state index in [-0.39, 0.29) is 17.4 Å². The summed E-state index contributed by atoms with van der Waals surface area (Å²) in [6.07, 6.45) is -0.939. The summed E-state index contributed by atoms with van der Waals surface area (Å²) in [5.74, 6) is -0.369. The molecule has 1 aromatic carbocycles. The summed E-state index contributed by atoms with van der Waals surface area (Å²) in [4.78, 5) is 24.5. The van der Waals surface area contributed by atoms with Gasteiger partial charge in [0.2, 0.25) is 0 Å². The minimum atomic E-state index is -0.939. The summed E-state index contributed by atoms with van der Waals surface area (Å²) < 4.78 is 10.2. The zero-order chi connectivity index (χ0) is 17.9. The minimum Gasteiger partial charge on any atom is -0.449 e. The third-order valence-electron chi connectivity index (χ3n) is 3.73. The smallest absolute Gasteiger partial charge is 0.344 e. The first kappa shape index (κ1) is 17.7. The Morgan fingerprint density at radius 3 is 2.42 bits per heavy atom. The number of benzene rings is 1. The van der Waals surface area contributed by atoms with Crippen molar-refractivity contribution in [3.63, 3.8) is 0 Å². The first-order valence-corrected chi connectivity index (χ1v) is 7.85. The average Bonchev–Trinajstić information content (AvgIpc) is 2.86. The molecule has 0 spiro atoms. The van der Waals surface area contributed by atoms with Crippen LogP contribution in [-0.4, -0.2) is 23.1 Å². The van der Waals surface area contributed by atoms with Gasteiger partial charge in [0.25, 0.3) is 5.91 Å². The Bertz CT molecular complexity index is 730. The number of aryl methyl sites for hydroxylation is 2. The second-order valence-corrected chi connectivity index (χ2v) is 5.98. The summed E-state index contributed by atoms with van der Waals surface area (Å²) in [7, 11) is 0. The maximum Gasteiger partial charge on any atom is 0.344 e. The zero-order valence-corrected chi connectivity index (χ0v) is 14.5. The molecule has 0 aliphatic carbocycles. The molecule has 0 saturated carbocycles. The predicted molar refractivity (Wildman–Crippen MR) is 90.0 cm³/mol. The van der Waals surface area contributed by atoms with Gasteiger partial charge in [-0.2, -0.15) is 0 Å². The van der Waals surface area contributed by atoms with Crippen LogP contribution in [0.4, 0.5) is 5.69 Å². The van der Waals surface area contributed by atoms with E-state index in [4.69, 9.17) is 9.26 Å². The molecular weight excluding hydrogens is 308 g/mol. The average molecular weight is 330 g/mol. The van der Waals surface area contributed by atoms with Gasteiger partial charge in [0, 0.05) is 5.69 Å². The SMILES string of the molecule is Cc1noc(C)c1C(=O)O[C@@H](C)C(=O)Nc1ccccc1C(C)C. The molecule has 0 fully saturated rings. The van der Waals surface area contributed by atoms with Crippen LogP contribution in [0.15, 0.2) is 28.8 Å². The van der Waals surface area contributed by atoms with E-state index in [1.165, 1.54) is 6.92 Å². The molecule has 0 bridgehead atoms. The zero-order valence-electron chi connectivity index (χ0n) is 14.5. The Morgan fingerprint density at radius 2 is 1.83 bits per heavy atom. The molecule has 0 aliphatic heterocycles. The normalized spacial score (nSPS) is 12.1. The highest BCUT2D eigenvalue weighted by Crippen LogP contribution is 2.24. The third-order valence-corrected chi connectivity index (χ3v) is 3.73. The van der Waals surface area contributed by atoms with Crippen molar-refractivity contribution in [1.29, 1.82) is 0 Å². The lowest BCUT2D eigenvalue weighted by Gasteiger charge is -2.17. The van der Waals surface area contributed by atoms with Crippen LogP contribution in [-0.2, 0) is 9.53 Å². The van der Waals surface area contributed by atoms with Gasteiger partial charge in [-0.25, -0.2) is 4.79 Å². The number of hydrogen-bond acceptors (Lipinski definition) is 5. The van der Waals surface area contributed by atoms with Crippen molar-refractivity contribution in [1.82, 2.24) is 5.16 Å². The van der Waals surface area contributed by atoms with E-state index in [2.05, 4.69) is 10.5 Å². The van der Waals surface area contributed by atoms with Crippen LogP contribution in [0.25, 0.3) is 0 Å². The van der Waals surface area contributed by atoms with Crippen molar-refractivity contribution in [2.75, 3.05) is 5.32 Å². The van der Waals surface area contributed by atoms with E-state index in [1.54, 1.807) is 13.8 Å². The highest BCUT2D eigenvalue weighted by molar-refractivity contribution is 5.98. The van der Waals surface area contributed by atoms with E-state index in [1.807, 2.05) is 38.1 Å². The third kappa shape index (κ3) is 3.82. The van der Waals surface area contributed by atoms with Crippen LogP contribution < -0.4 is 5.32 Å². The molecule has 1 atom stereocenters. The van der Waals surface area contributed by atoms with Gasteiger partial charge < -0.3 is 14.6 Å². The molecular formula is C18H22N2O4. The molecule has 6 nitrogen and oxygen atoms in total. The summed E-state index contributed by atoms with van der Waals surface area (Å²) in [5.41, 5.74) is 2.44. The molecule has 0 saturated heterocycles. The van der Waals surface area contributed by atoms with Crippen molar-refractivity contribution in [3.05, 3.63) is 46.8 Å². The van der Waals surface area contributed by atoms with Gasteiger partial charge in [-0.3, -0.25) is 4.79 Å². The maximum absolute atomic E-state index is 12.3. The Kier molecular flexibility index (Phi) is 5.39. The largest absolute Gasteiger partial charge is 0.449 e. The van der Waals surface area contributed by atoms with Crippen LogP contribution in [0, 0.1) is 13.8 Å². The monoisotopic (exact) mass is 330 g/mol. The number of anilines is 1. The lowest BCUT2D eigenvalue weighted by atomic mass is 10.0. The van der Waals surface area contributed by atoms with Crippen molar-refractivity contribution in [3.8, 4) is 0 Å².